The molecule has 0 aromatic carbocycles. The third kappa shape index (κ3) is 11.3. The number of carbonyl (C=O) groups excluding carboxylic acids is 2. The summed E-state index contributed by atoms with van der Waals surface area (Å²) in [5.41, 5.74) is 0. The third-order valence-electron chi connectivity index (χ3n) is 2.25. The zero-order valence-corrected chi connectivity index (χ0v) is 12.1. The van der Waals surface area contributed by atoms with Gasteiger partial charge >= 0.3 is 11.9 Å². The topological polar surface area (TPSA) is 76.1 Å². The lowest BCUT2D eigenvalue weighted by Crippen LogP contribution is -2.16. The second-order valence-electron chi connectivity index (χ2n) is 4.06. The van der Waals surface area contributed by atoms with Crippen LogP contribution in [-0.2, 0) is 19.1 Å². The van der Waals surface area contributed by atoms with Crippen molar-refractivity contribution in [2.45, 2.75) is 19.8 Å². The van der Waals surface area contributed by atoms with Gasteiger partial charge in [0.2, 0.25) is 0 Å². The molecule has 0 spiro atoms. The first-order valence-corrected chi connectivity index (χ1v) is 6.55. The van der Waals surface area contributed by atoms with Crippen LogP contribution in [0.3, 0.4) is 0 Å². The van der Waals surface area contributed by atoms with E-state index in [2.05, 4.69) is 0 Å². The van der Waals surface area contributed by atoms with Crippen molar-refractivity contribution in [2.24, 2.45) is 0 Å². The maximum Gasteiger partial charge on any atom is 0.332 e. The first kappa shape index (κ1) is 18.2. The summed E-state index contributed by atoms with van der Waals surface area (Å²) in [7, 11) is 1.75. The molecule has 6 nitrogen and oxygen atoms in total. The summed E-state index contributed by atoms with van der Waals surface area (Å²) >= 11 is 0. The minimum Gasteiger partial charge on any atom is -0.463 e. The fourth-order valence-corrected chi connectivity index (χ4v) is 1.20. The highest BCUT2D eigenvalue weighted by Crippen LogP contribution is 1.94. The number of likely N-dealkylation sites (N-methyl/N-ethyl adjacent to an activating group) is 1. The van der Waals surface area contributed by atoms with Gasteiger partial charge in [-0.25, -0.2) is 9.59 Å². The normalized spacial score (nSPS) is 10.9. The summed E-state index contributed by atoms with van der Waals surface area (Å²) in [5.74, 6) is -0.792. The van der Waals surface area contributed by atoms with E-state index >= 15 is 0 Å². The number of carbonyl (C=O) groups is 2. The second-order valence-corrected chi connectivity index (χ2v) is 4.06. The minimum absolute atomic E-state index is 0.0296. The standard InChI is InChI=1S/C14H23NO5/c1-3-6-13(17)19-11-4-5-12-20-14(18)7-8-15(2)9-10-16/h3,6-8,16H,4-5,9-12H2,1-2H3/b6-3+,8-7+. The van der Waals surface area contributed by atoms with Crippen LogP contribution < -0.4 is 0 Å². The molecule has 0 aliphatic heterocycles. The van der Waals surface area contributed by atoms with Crippen LogP contribution in [0.4, 0.5) is 0 Å². The zero-order valence-electron chi connectivity index (χ0n) is 12.1. The Labute approximate surface area is 119 Å². The van der Waals surface area contributed by atoms with E-state index in [0.717, 1.165) is 0 Å². The molecule has 0 atom stereocenters. The smallest absolute Gasteiger partial charge is 0.332 e. The largest absolute Gasteiger partial charge is 0.463 e. The van der Waals surface area contributed by atoms with Crippen LogP contribution in [-0.4, -0.2) is 55.4 Å². The molecule has 0 aromatic rings. The van der Waals surface area contributed by atoms with E-state index in [9.17, 15) is 9.59 Å². The number of nitrogens with zero attached hydrogens (tertiary/aromatic N) is 1. The summed E-state index contributed by atoms with van der Waals surface area (Å²) in [6.07, 6.45) is 7.11. The van der Waals surface area contributed by atoms with Gasteiger partial charge < -0.3 is 19.5 Å². The van der Waals surface area contributed by atoms with Gasteiger partial charge in [0.15, 0.2) is 0 Å². The Hall–Kier alpha value is -1.82. The van der Waals surface area contributed by atoms with E-state index < -0.39 is 5.97 Å². The number of esters is 2. The summed E-state index contributed by atoms with van der Waals surface area (Å²) < 4.78 is 9.84. The molecule has 0 saturated heterocycles. The summed E-state index contributed by atoms with van der Waals surface area (Å²) in [6, 6.07) is 0. The lowest BCUT2D eigenvalue weighted by Gasteiger charge is -2.10. The van der Waals surface area contributed by atoms with Crippen molar-refractivity contribution in [3.63, 3.8) is 0 Å². The highest BCUT2D eigenvalue weighted by Gasteiger charge is 1.99. The molecule has 1 N–H and O–H groups in total. The molecular formula is C14H23NO5. The molecule has 0 heterocycles. The number of hydrogen-bond donors (Lipinski definition) is 1. The van der Waals surface area contributed by atoms with Crippen molar-refractivity contribution in [1.29, 1.82) is 0 Å². The lowest BCUT2D eigenvalue weighted by atomic mass is 10.3. The number of aliphatic hydroxyl groups is 1. The predicted octanol–water partition coefficient (Wildman–Crippen LogP) is 0.867. The molecule has 0 rings (SSSR count). The Morgan fingerprint density at radius 2 is 1.65 bits per heavy atom. The highest BCUT2D eigenvalue weighted by atomic mass is 16.5. The molecule has 0 saturated carbocycles. The van der Waals surface area contributed by atoms with Crippen LogP contribution in [0.1, 0.15) is 19.8 Å². The van der Waals surface area contributed by atoms with E-state index in [1.54, 1.807) is 31.1 Å². The van der Waals surface area contributed by atoms with Crippen molar-refractivity contribution in [2.75, 3.05) is 33.4 Å². The van der Waals surface area contributed by atoms with Gasteiger partial charge in [-0.15, -0.1) is 0 Å². The number of ether oxygens (including phenoxy) is 2. The molecule has 0 unspecified atom stereocenters. The van der Waals surface area contributed by atoms with Crippen LogP contribution in [0.15, 0.2) is 24.4 Å². The summed E-state index contributed by atoms with van der Waals surface area (Å²) in [4.78, 5) is 23.9. The number of hydrogen-bond acceptors (Lipinski definition) is 6. The van der Waals surface area contributed by atoms with Crippen molar-refractivity contribution in [1.82, 2.24) is 4.90 Å². The molecule has 0 aliphatic carbocycles. The zero-order chi connectivity index (χ0) is 15.2. The van der Waals surface area contributed by atoms with Gasteiger partial charge in [-0.2, -0.15) is 0 Å². The van der Waals surface area contributed by atoms with Gasteiger partial charge in [-0.3, -0.25) is 0 Å². The van der Waals surface area contributed by atoms with E-state index in [1.165, 1.54) is 12.2 Å². The van der Waals surface area contributed by atoms with Gasteiger partial charge in [-0.1, -0.05) is 6.08 Å². The molecule has 6 heteroatoms. The van der Waals surface area contributed by atoms with Gasteiger partial charge in [0, 0.05) is 31.9 Å². The SMILES string of the molecule is C/C=C/C(=O)OCCCCOC(=O)/C=C/N(C)CCO. The summed E-state index contributed by atoms with van der Waals surface area (Å²) in [5, 5.41) is 8.67. The van der Waals surface area contributed by atoms with Crippen molar-refractivity contribution >= 4 is 11.9 Å². The number of rotatable bonds is 10. The Balaban J connectivity index is 3.55. The van der Waals surface area contributed by atoms with Crippen LogP contribution in [0.25, 0.3) is 0 Å². The van der Waals surface area contributed by atoms with Crippen molar-refractivity contribution in [3.05, 3.63) is 24.4 Å². The first-order chi connectivity index (χ1) is 9.60. The van der Waals surface area contributed by atoms with Crippen molar-refractivity contribution < 1.29 is 24.2 Å². The Kier molecular flexibility index (Phi) is 11.1. The minimum atomic E-state index is -0.430. The van der Waals surface area contributed by atoms with Gasteiger partial charge in [0.1, 0.15) is 0 Å². The average Bonchev–Trinajstić information content (AvgIpc) is 2.41. The van der Waals surface area contributed by atoms with Gasteiger partial charge in [0.05, 0.1) is 19.8 Å². The molecule has 114 valence electrons. The number of unbranched alkanes of at least 4 members (excludes halogenated alkanes) is 1. The van der Waals surface area contributed by atoms with Crippen LogP contribution in [0.5, 0.6) is 0 Å². The molecule has 20 heavy (non-hydrogen) atoms. The molecule has 0 aliphatic rings. The lowest BCUT2D eigenvalue weighted by molar-refractivity contribution is -0.140. The van der Waals surface area contributed by atoms with Gasteiger partial charge in [0.25, 0.3) is 0 Å². The van der Waals surface area contributed by atoms with E-state index in [1.807, 2.05) is 0 Å². The van der Waals surface area contributed by atoms with E-state index in [-0.39, 0.29) is 19.2 Å². The molecule has 0 bridgehead atoms. The molecule has 0 radical (unpaired) electrons. The Morgan fingerprint density at radius 3 is 2.15 bits per heavy atom. The monoisotopic (exact) mass is 285 g/mol. The average molecular weight is 285 g/mol. The number of aliphatic hydroxyl groups excluding tert-OH is 1. The first-order valence-electron chi connectivity index (χ1n) is 6.55. The van der Waals surface area contributed by atoms with Crippen LogP contribution in [0.2, 0.25) is 0 Å². The quantitative estimate of drug-likeness (QED) is 0.364. The Morgan fingerprint density at radius 1 is 1.10 bits per heavy atom. The van der Waals surface area contributed by atoms with Crippen LogP contribution >= 0.6 is 0 Å². The predicted molar refractivity (Wildman–Crippen MR) is 74.8 cm³/mol. The van der Waals surface area contributed by atoms with E-state index in [4.69, 9.17) is 14.6 Å². The van der Waals surface area contributed by atoms with E-state index in [0.29, 0.717) is 26.0 Å². The third-order valence-corrected chi connectivity index (χ3v) is 2.25. The second kappa shape index (κ2) is 12.2. The van der Waals surface area contributed by atoms with Crippen LogP contribution in [0, 0.1) is 0 Å². The Bertz CT molecular complexity index is 338. The summed E-state index contributed by atoms with van der Waals surface area (Å²) in [6.45, 7) is 2.83. The molecule has 0 fully saturated rings. The van der Waals surface area contributed by atoms with Crippen molar-refractivity contribution in [3.8, 4) is 0 Å². The molecule has 0 amide bonds. The van der Waals surface area contributed by atoms with Gasteiger partial charge in [-0.05, 0) is 19.8 Å². The fourth-order valence-electron chi connectivity index (χ4n) is 1.20. The molecule has 0 aromatic heterocycles. The number of allylic oxidation sites excluding steroid dienone is 1. The molecular weight excluding hydrogens is 262 g/mol. The highest BCUT2D eigenvalue weighted by molar-refractivity contribution is 5.82. The maximum absolute atomic E-state index is 11.3. The maximum atomic E-state index is 11.3. The fraction of sp³-hybridized carbons (Fsp3) is 0.571.